The van der Waals surface area contributed by atoms with Crippen LogP contribution in [0.15, 0.2) is 18.2 Å². The van der Waals surface area contributed by atoms with Crippen LogP contribution in [0.3, 0.4) is 0 Å². The molecule has 5 rings (SSSR count). The lowest BCUT2D eigenvalue weighted by molar-refractivity contribution is 0.200. The lowest BCUT2D eigenvalue weighted by atomic mass is 9.80. The van der Waals surface area contributed by atoms with Crippen molar-refractivity contribution in [2.45, 2.75) is 38.0 Å². The van der Waals surface area contributed by atoms with Crippen LogP contribution >= 0.6 is 24.8 Å². The van der Waals surface area contributed by atoms with Crippen molar-refractivity contribution in [1.82, 2.24) is 4.90 Å². The molecule has 2 nitrogen and oxygen atoms in total. The van der Waals surface area contributed by atoms with Crippen LogP contribution in [0.1, 0.15) is 42.7 Å². The average Bonchev–Trinajstić information content (AvgIpc) is 2.86. The fourth-order valence-corrected chi connectivity index (χ4v) is 5.22. The van der Waals surface area contributed by atoms with E-state index in [1.54, 1.807) is 16.8 Å². The Morgan fingerprint density at radius 2 is 1.87 bits per heavy atom. The van der Waals surface area contributed by atoms with E-state index in [2.05, 4.69) is 28.0 Å². The minimum Gasteiger partial charge on any atom is -0.371 e. The zero-order valence-electron chi connectivity index (χ0n) is 13.7. The van der Waals surface area contributed by atoms with E-state index in [9.17, 15) is 0 Å². The average molecular weight is 355 g/mol. The number of halogens is 2. The first-order chi connectivity index (χ1) is 10.4. The summed E-state index contributed by atoms with van der Waals surface area (Å²) in [5, 5.41) is 0. The molecule has 1 saturated heterocycles. The Kier molecular flexibility index (Phi) is 5.15. The van der Waals surface area contributed by atoms with Gasteiger partial charge in [-0.05, 0) is 48.6 Å². The second-order valence-electron chi connectivity index (χ2n) is 7.79. The predicted molar refractivity (Wildman–Crippen MR) is 101 cm³/mol. The molecule has 0 spiro atoms. The van der Waals surface area contributed by atoms with Gasteiger partial charge in [-0.1, -0.05) is 24.6 Å². The number of hydrogen-bond acceptors (Lipinski definition) is 2. The van der Waals surface area contributed by atoms with Crippen molar-refractivity contribution in [3.8, 4) is 0 Å². The topological polar surface area (TPSA) is 6.48 Å². The number of aryl methyl sites for hydroxylation is 1. The molecule has 0 N–H and O–H groups in total. The fraction of sp³-hybridized carbons (Fsp3) is 0.684. The normalized spacial score (nSPS) is 29.0. The third-order valence-electron chi connectivity index (χ3n) is 6.45. The van der Waals surface area contributed by atoms with E-state index in [0.29, 0.717) is 0 Å². The van der Waals surface area contributed by atoms with Gasteiger partial charge >= 0.3 is 0 Å². The van der Waals surface area contributed by atoms with Crippen molar-refractivity contribution in [3.05, 3.63) is 29.3 Å². The second kappa shape index (κ2) is 6.82. The van der Waals surface area contributed by atoms with E-state index >= 15 is 0 Å². The van der Waals surface area contributed by atoms with Crippen molar-refractivity contribution in [1.29, 1.82) is 0 Å². The van der Waals surface area contributed by atoms with Crippen LogP contribution in [0.25, 0.3) is 0 Å². The molecule has 2 atom stereocenters. The monoisotopic (exact) mass is 354 g/mol. The van der Waals surface area contributed by atoms with Gasteiger partial charge in [0, 0.05) is 44.3 Å². The smallest absolute Gasteiger partial charge is 0.0434 e. The lowest BCUT2D eigenvalue weighted by Crippen LogP contribution is -2.41. The molecule has 2 fully saturated rings. The Morgan fingerprint density at radius 3 is 2.65 bits per heavy atom. The summed E-state index contributed by atoms with van der Waals surface area (Å²) in [4.78, 5) is 5.50. The summed E-state index contributed by atoms with van der Waals surface area (Å²) >= 11 is 0. The minimum atomic E-state index is 0. The molecule has 23 heavy (non-hydrogen) atoms. The van der Waals surface area contributed by atoms with Crippen LogP contribution in [0.4, 0.5) is 5.69 Å². The maximum atomic E-state index is 2.79. The standard InChI is InChI=1S/C19H26N2.2ClH/c1-4-14(5-1)10-20-11-16-12-21-9-3-7-15-6-2-8-17(19(15)21)18(16)13-20;;/h2,6,8,14,16,18H,1,3-5,7,9-13H2;2*1H/t16-,18-;;/m1../s1. The maximum absolute atomic E-state index is 2.79. The molecule has 128 valence electrons. The highest BCUT2D eigenvalue weighted by Gasteiger charge is 2.41. The molecule has 0 amide bonds. The van der Waals surface area contributed by atoms with Crippen LogP contribution < -0.4 is 4.90 Å². The van der Waals surface area contributed by atoms with Crippen LogP contribution in [0.2, 0.25) is 0 Å². The van der Waals surface area contributed by atoms with Crippen LogP contribution in [0.5, 0.6) is 0 Å². The molecule has 0 radical (unpaired) electrons. The Balaban J connectivity index is 0.000000781. The maximum Gasteiger partial charge on any atom is 0.0434 e. The molecular formula is C19H28Cl2N2. The zero-order valence-corrected chi connectivity index (χ0v) is 15.4. The summed E-state index contributed by atoms with van der Waals surface area (Å²) in [5.41, 5.74) is 4.93. The number of nitrogens with zero attached hydrogens (tertiary/aromatic N) is 2. The molecule has 3 aliphatic heterocycles. The van der Waals surface area contributed by atoms with E-state index < -0.39 is 0 Å². The minimum absolute atomic E-state index is 0. The van der Waals surface area contributed by atoms with E-state index in [1.807, 2.05) is 0 Å². The number of benzene rings is 1. The van der Waals surface area contributed by atoms with Crippen LogP contribution in [-0.4, -0.2) is 37.6 Å². The summed E-state index contributed by atoms with van der Waals surface area (Å²) in [6.07, 6.45) is 7.09. The van der Waals surface area contributed by atoms with E-state index in [1.165, 1.54) is 64.8 Å². The number of rotatable bonds is 2. The summed E-state index contributed by atoms with van der Waals surface area (Å²) in [6, 6.07) is 7.11. The van der Waals surface area contributed by atoms with Gasteiger partial charge in [0.1, 0.15) is 0 Å². The van der Waals surface area contributed by atoms with Gasteiger partial charge in [0.2, 0.25) is 0 Å². The summed E-state index contributed by atoms with van der Waals surface area (Å²) in [5.74, 6) is 2.71. The number of fused-ring (bicyclic) bond motifs is 2. The molecule has 1 aromatic rings. The first kappa shape index (κ1) is 17.4. The largest absolute Gasteiger partial charge is 0.371 e. The Bertz CT molecular complexity index is 558. The van der Waals surface area contributed by atoms with Crippen molar-refractivity contribution < 1.29 is 0 Å². The van der Waals surface area contributed by atoms with Gasteiger partial charge in [0.05, 0.1) is 0 Å². The Hall–Kier alpha value is -0.440. The van der Waals surface area contributed by atoms with E-state index in [4.69, 9.17) is 0 Å². The first-order valence-electron chi connectivity index (χ1n) is 8.97. The second-order valence-corrected chi connectivity index (χ2v) is 7.79. The molecular weight excluding hydrogens is 327 g/mol. The van der Waals surface area contributed by atoms with Gasteiger partial charge < -0.3 is 9.80 Å². The third kappa shape index (κ3) is 2.88. The Morgan fingerprint density at radius 1 is 1.00 bits per heavy atom. The zero-order chi connectivity index (χ0) is 13.8. The van der Waals surface area contributed by atoms with Crippen molar-refractivity contribution in [2.24, 2.45) is 11.8 Å². The molecule has 1 aliphatic carbocycles. The molecule has 1 aromatic carbocycles. The molecule has 0 bridgehead atoms. The molecule has 0 unspecified atom stereocenters. The number of anilines is 1. The number of para-hydroxylation sites is 1. The van der Waals surface area contributed by atoms with Crippen molar-refractivity contribution in [3.63, 3.8) is 0 Å². The first-order valence-corrected chi connectivity index (χ1v) is 8.97. The van der Waals surface area contributed by atoms with Crippen molar-refractivity contribution in [2.75, 3.05) is 37.6 Å². The van der Waals surface area contributed by atoms with Crippen LogP contribution in [-0.2, 0) is 6.42 Å². The molecule has 3 heterocycles. The predicted octanol–water partition coefficient (Wildman–Crippen LogP) is 4.11. The van der Waals surface area contributed by atoms with Gasteiger partial charge in [-0.25, -0.2) is 0 Å². The fourth-order valence-electron chi connectivity index (χ4n) is 5.22. The van der Waals surface area contributed by atoms with Gasteiger partial charge in [0.15, 0.2) is 0 Å². The highest BCUT2D eigenvalue weighted by atomic mass is 35.5. The molecule has 4 aliphatic rings. The van der Waals surface area contributed by atoms with Crippen LogP contribution in [0, 0.1) is 11.8 Å². The molecule has 0 aromatic heterocycles. The summed E-state index contributed by atoms with van der Waals surface area (Å²) in [6.45, 7) is 6.65. The molecule has 1 saturated carbocycles. The van der Waals surface area contributed by atoms with Gasteiger partial charge in [0.25, 0.3) is 0 Å². The molecule has 4 heteroatoms. The third-order valence-corrected chi connectivity index (χ3v) is 6.45. The van der Waals surface area contributed by atoms with Gasteiger partial charge in [-0.3, -0.25) is 0 Å². The highest BCUT2D eigenvalue weighted by Crippen LogP contribution is 2.46. The Labute approximate surface area is 152 Å². The highest BCUT2D eigenvalue weighted by molar-refractivity contribution is 5.85. The van der Waals surface area contributed by atoms with Gasteiger partial charge in [-0.2, -0.15) is 0 Å². The quantitative estimate of drug-likeness (QED) is 0.788. The summed E-state index contributed by atoms with van der Waals surface area (Å²) in [7, 11) is 0. The van der Waals surface area contributed by atoms with Crippen molar-refractivity contribution >= 4 is 30.5 Å². The van der Waals surface area contributed by atoms with E-state index in [0.717, 1.165) is 17.8 Å². The lowest BCUT2D eigenvalue weighted by Gasteiger charge is -2.41. The van der Waals surface area contributed by atoms with Gasteiger partial charge in [-0.15, -0.1) is 24.8 Å². The van der Waals surface area contributed by atoms with E-state index in [-0.39, 0.29) is 24.8 Å². The SMILES string of the molecule is Cl.Cl.c1cc2c3c(c1)[C@@H]1CN(CC4CCC4)C[C@@H]1CN3CCC2. The number of likely N-dealkylation sites (tertiary alicyclic amines) is 1. The number of hydrogen-bond donors (Lipinski definition) is 0. The summed E-state index contributed by atoms with van der Waals surface area (Å²) < 4.78 is 0.